The molecule has 3 rings (SSSR count). The minimum Gasteiger partial charge on any atom is -0.494 e. The Kier molecular flexibility index (Phi) is 8.09. The molecule has 0 spiro atoms. The molecule has 0 heterocycles. The molecule has 0 saturated carbocycles. The lowest BCUT2D eigenvalue weighted by Gasteiger charge is -2.12. The molecule has 0 saturated heterocycles. The SMILES string of the molecule is CCOc1ccc(C(=CCNS(=O)(=O)c2ccc(C)cc2)c2ccc(OCC)cc2)cc1. The molecule has 32 heavy (non-hydrogen) atoms. The number of sulfonamides is 1. The number of hydrogen-bond acceptors (Lipinski definition) is 4. The quantitative estimate of drug-likeness (QED) is 0.460. The van der Waals surface area contributed by atoms with E-state index in [9.17, 15) is 8.42 Å². The van der Waals surface area contributed by atoms with Gasteiger partial charge >= 0.3 is 0 Å². The summed E-state index contributed by atoms with van der Waals surface area (Å²) in [5.74, 6) is 1.59. The summed E-state index contributed by atoms with van der Waals surface area (Å²) in [7, 11) is -3.60. The van der Waals surface area contributed by atoms with Crippen LogP contribution in [0.25, 0.3) is 5.57 Å². The average molecular weight is 452 g/mol. The third-order valence-electron chi connectivity index (χ3n) is 4.86. The molecule has 0 radical (unpaired) electrons. The standard InChI is InChI=1S/C26H29NO4S/c1-4-30-23-12-8-21(9-13-23)26(22-10-14-24(15-11-22)31-5-2)18-19-27-32(28,29)25-16-6-20(3)7-17-25/h6-18,27H,4-5,19H2,1-3H3. The Labute approximate surface area is 190 Å². The zero-order valence-electron chi connectivity index (χ0n) is 18.7. The van der Waals surface area contributed by atoms with Gasteiger partial charge in [-0.25, -0.2) is 13.1 Å². The van der Waals surface area contributed by atoms with E-state index in [0.29, 0.717) is 13.2 Å². The first-order valence-electron chi connectivity index (χ1n) is 10.7. The second-order valence-corrected chi connectivity index (χ2v) is 8.96. The van der Waals surface area contributed by atoms with Crippen molar-refractivity contribution in [3.05, 3.63) is 95.6 Å². The van der Waals surface area contributed by atoms with E-state index in [1.165, 1.54) is 0 Å². The minimum absolute atomic E-state index is 0.159. The van der Waals surface area contributed by atoms with Crippen molar-refractivity contribution in [1.29, 1.82) is 0 Å². The Morgan fingerprint density at radius 2 is 1.25 bits per heavy atom. The van der Waals surface area contributed by atoms with Gasteiger partial charge in [0.15, 0.2) is 0 Å². The summed E-state index contributed by atoms with van der Waals surface area (Å²) in [5.41, 5.74) is 3.86. The van der Waals surface area contributed by atoms with Gasteiger partial charge in [0.1, 0.15) is 11.5 Å². The largest absolute Gasteiger partial charge is 0.494 e. The van der Waals surface area contributed by atoms with Crippen molar-refractivity contribution in [3.63, 3.8) is 0 Å². The van der Waals surface area contributed by atoms with Crippen LogP contribution in [-0.2, 0) is 10.0 Å². The van der Waals surface area contributed by atoms with Crippen molar-refractivity contribution in [2.24, 2.45) is 0 Å². The molecule has 3 aromatic rings. The van der Waals surface area contributed by atoms with Gasteiger partial charge in [0, 0.05) is 6.54 Å². The lowest BCUT2D eigenvalue weighted by molar-refractivity contribution is 0.340. The summed E-state index contributed by atoms with van der Waals surface area (Å²) < 4.78 is 39.1. The molecule has 6 heteroatoms. The third-order valence-corrected chi connectivity index (χ3v) is 6.30. The maximum absolute atomic E-state index is 12.7. The zero-order chi connectivity index (χ0) is 23.0. The fourth-order valence-corrected chi connectivity index (χ4v) is 4.22. The van der Waals surface area contributed by atoms with Crippen LogP contribution in [-0.4, -0.2) is 28.2 Å². The van der Waals surface area contributed by atoms with E-state index in [2.05, 4.69) is 4.72 Å². The Balaban J connectivity index is 1.87. The molecule has 0 amide bonds. The molecule has 168 valence electrons. The summed E-state index contributed by atoms with van der Waals surface area (Å²) in [5, 5.41) is 0. The van der Waals surface area contributed by atoms with Crippen LogP contribution in [0.1, 0.15) is 30.5 Å². The predicted octanol–water partition coefficient (Wildman–Crippen LogP) is 5.20. The van der Waals surface area contributed by atoms with Crippen LogP contribution in [0, 0.1) is 6.92 Å². The molecule has 0 aliphatic heterocycles. The van der Waals surface area contributed by atoms with Gasteiger partial charge in [0.05, 0.1) is 18.1 Å². The molecule has 0 fully saturated rings. The predicted molar refractivity (Wildman–Crippen MR) is 129 cm³/mol. The molecule has 0 aliphatic rings. The first kappa shape index (κ1) is 23.6. The van der Waals surface area contributed by atoms with Gasteiger partial charge in [-0.1, -0.05) is 48.0 Å². The molecule has 0 bridgehead atoms. The second kappa shape index (κ2) is 11.0. The van der Waals surface area contributed by atoms with Crippen LogP contribution in [0.5, 0.6) is 11.5 Å². The van der Waals surface area contributed by atoms with Crippen molar-refractivity contribution in [3.8, 4) is 11.5 Å². The second-order valence-electron chi connectivity index (χ2n) is 7.20. The average Bonchev–Trinajstić information content (AvgIpc) is 2.79. The molecular weight excluding hydrogens is 422 g/mol. The summed E-state index contributed by atoms with van der Waals surface area (Å²) in [4.78, 5) is 0.250. The normalized spacial score (nSPS) is 11.1. The molecule has 0 unspecified atom stereocenters. The highest BCUT2D eigenvalue weighted by atomic mass is 32.2. The van der Waals surface area contributed by atoms with E-state index in [1.807, 2.05) is 75.4 Å². The summed E-state index contributed by atoms with van der Waals surface area (Å²) in [6, 6.07) is 22.4. The number of rotatable bonds is 10. The highest BCUT2D eigenvalue weighted by Crippen LogP contribution is 2.27. The van der Waals surface area contributed by atoms with Crippen LogP contribution < -0.4 is 14.2 Å². The van der Waals surface area contributed by atoms with Gasteiger partial charge < -0.3 is 9.47 Å². The van der Waals surface area contributed by atoms with Crippen LogP contribution in [0.4, 0.5) is 0 Å². The maximum Gasteiger partial charge on any atom is 0.240 e. The molecule has 0 atom stereocenters. The maximum atomic E-state index is 12.7. The Morgan fingerprint density at radius 3 is 1.69 bits per heavy atom. The van der Waals surface area contributed by atoms with Crippen molar-refractivity contribution in [1.82, 2.24) is 4.72 Å². The Bertz CT molecular complexity index is 1080. The van der Waals surface area contributed by atoms with Crippen LogP contribution in [0.2, 0.25) is 0 Å². The fraction of sp³-hybridized carbons (Fsp3) is 0.231. The van der Waals surface area contributed by atoms with E-state index in [-0.39, 0.29) is 11.4 Å². The van der Waals surface area contributed by atoms with E-state index in [0.717, 1.165) is 33.8 Å². The van der Waals surface area contributed by atoms with Crippen molar-refractivity contribution in [2.75, 3.05) is 19.8 Å². The van der Waals surface area contributed by atoms with Gasteiger partial charge in [0.25, 0.3) is 0 Å². The Hall–Kier alpha value is -3.09. The van der Waals surface area contributed by atoms with Gasteiger partial charge in [-0.2, -0.15) is 0 Å². The lowest BCUT2D eigenvalue weighted by Crippen LogP contribution is -2.24. The fourth-order valence-electron chi connectivity index (χ4n) is 3.25. The number of aryl methyl sites for hydroxylation is 1. The molecule has 0 aromatic heterocycles. The molecule has 3 aromatic carbocycles. The first-order chi connectivity index (χ1) is 15.4. The van der Waals surface area contributed by atoms with E-state index in [4.69, 9.17) is 9.47 Å². The lowest BCUT2D eigenvalue weighted by atomic mass is 9.97. The van der Waals surface area contributed by atoms with Crippen molar-refractivity contribution >= 4 is 15.6 Å². The van der Waals surface area contributed by atoms with Crippen molar-refractivity contribution in [2.45, 2.75) is 25.7 Å². The van der Waals surface area contributed by atoms with Gasteiger partial charge in [-0.05, 0) is 73.9 Å². The molecular formula is C26H29NO4S. The molecule has 0 aliphatic carbocycles. The third kappa shape index (κ3) is 6.22. The number of hydrogen-bond donors (Lipinski definition) is 1. The van der Waals surface area contributed by atoms with E-state index < -0.39 is 10.0 Å². The molecule has 1 N–H and O–H groups in total. The van der Waals surface area contributed by atoms with Crippen LogP contribution in [0.3, 0.4) is 0 Å². The van der Waals surface area contributed by atoms with E-state index in [1.54, 1.807) is 24.3 Å². The number of benzene rings is 3. The summed E-state index contributed by atoms with van der Waals surface area (Å²) in [6.07, 6.45) is 1.89. The summed E-state index contributed by atoms with van der Waals surface area (Å²) >= 11 is 0. The molecule has 5 nitrogen and oxygen atoms in total. The number of ether oxygens (including phenoxy) is 2. The first-order valence-corrected chi connectivity index (χ1v) is 12.1. The summed E-state index contributed by atoms with van der Waals surface area (Å²) in [6.45, 7) is 7.17. The van der Waals surface area contributed by atoms with Crippen LogP contribution in [0.15, 0.2) is 83.8 Å². The van der Waals surface area contributed by atoms with Gasteiger partial charge in [-0.15, -0.1) is 0 Å². The van der Waals surface area contributed by atoms with E-state index >= 15 is 0 Å². The smallest absolute Gasteiger partial charge is 0.240 e. The monoisotopic (exact) mass is 451 g/mol. The van der Waals surface area contributed by atoms with Crippen molar-refractivity contribution < 1.29 is 17.9 Å². The van der Waals surface area contributed by atoms with Crippen LogP contribution >= 0.6 is 0 Å². The number of nitrogens with one attached hydrogen (secondary N) is 1. The Morgan fingerprint density at radius 1 is 0.781 bits per heavy atom. The zero-order valence-corrected chi connectivity index (χ0v) is 19.5. The van der Waals surface area contributed by atoms with Gasteiger partial charge in [0.2, 0.25) is 10.0 Å². The highest BCUT2D eigenvalue weighted by Gasteiger charge is 2.13. The van der Waals surface area contributed by atoms with Gasteiger partial charge in [-0.3, -0.25) is 0 Å². The topological polar surface area (TPSA) is 64.6 Å². The highest BCUT2D eigenvalue weighted by molar-refractivity contribution is 7.89. The minimum atomic E-state index is -3.60.